The van der Waals surface area contributed by atoms with Gasteiger partial charge in [-0.3, -0.25) is 0 Å². The fourth-order valence-corrected chi connectivity index (χ4v) is 2.08. The number of hydrogen-bond donors (Lipinski definition) is 1. The van der Waals surface area contributed by atoms with Crippen LogP contribution in [-0.2, 0) is 6.42 Å². The summed E-state index contributed by atoms with van der Waals surface area (Å²) in [7, 11) is 0. The van der Waals surface area contributed by atoms with Crippen LogP contribution < -0.4 is 0 Å². The predicted octanol–water partition coefficient (Wildman–Crippen LogP) is 0.661. The molecule has 0 aliphatic carbocycles. The van der Waals surface area contributed by atoms with Gasteiger partial charge in [-0.25, -0.2) is 0 Å². The molecule has 0 spiro atoms. The Morgan fingerprint density at radius 1 is 1.25 bits per heavy atom. The van der Waals surface area contributed by atoms with Crippen molar-refractivity contribution in [3.05, 3.63) is 16.4 Å². The van der Waals surface area contributed by atoms with E-state index >= 15 is 0 Å². The molecule has 2 rings (SSSR count). The molecule has 0 fully saturated rings. The Labute approximate surface area is 97.0 Å². The summed E-state index contributed by atoms with van der Waals surface area (Å²) in [4.78, 5) is 0. The number of aryl methyl sites for hydroxylation is 2. The minimum atomic E-state index is 0.171. The first-order valence-electron chi connectivity index (χ1n) is 5.05. The first-order chi connectivity index (χ1) is 7.72. The largest absolute Gasteiger partial charge is 0.396 e. The van der Waals surface area contributed by atoms with E-state index in [0.717, 1.165) is 27.9 Å². The molecule has 1 N–H and O–H groups in total. The lowest BCUT2D eigenvalue weighted by Crippen LogP contribution is -1.99. The van der Waals surface area contributed by atoms with E-state index in [1.165, 1.54) is 11.3 Å². The topological polar surface area (TPSA) is 76.7 Å². The molecule has 2 aromatic heterocycles. The molecule has 0 aliphatic rings. The van der Waals surface area contributed by atoms with Gasteiger partial charge in [-0.1, -0.05) is 16.6 Å². The molecule has 0 aromatic carbocycles. The van der Waals surface area contributed by atoms with Crippen LogP contribution in [-0.4, -0.2) is 36.9 Å². The minimum Gasteiger partial charge on any atom is -0.396 e. The third-order valence-electron chi connectivity index (χ3n) is 2.26. The highest BCUT2D eigenvalue weighted by Gasteiger charge is 2.12. The second kappa shape index (κ2) is 4.67. The number of aliphatic hydroxyl groups excluding tert-OH is 1. The average molecular weight is 239 g/mol. The number of nitrogens with zero attached hydrogens (tertiary/aromatic N) is 5. The molecule has 86 valence electrons. The van der Waals surface area contributed by atoms with Crippen LogP contribution in [0.15, 0.2) is 0 Å². The van der Waals surface area contributed by atoms with E-state index in [0.29, 0.717) is 6.42 Å². The highest BCUT2D eigenvalue weighted by atomic mass is 32.1. The van der Waals surface area contributed by atoms with Gasteiger partial charge < -0.3 is 5.11 Å². The zero-order chi connectivity index (χ0) is 11.5. The highest BCUT2D eigenvalue weighted by molar-refractivity contribution is 7.13. The van der Waals surface area contributed by atoms with Gasteiger partial charge in [0, 0.05) is 6.61 Å². The Morgan fingerprint density at radius 3 is 2.69 bits per heavy atom. The lowest BCUT2D eigenvalue weighted by Gasteiger charge is -1.97. The van der Waals surface area contributed by atoms with Gasteiger partial charge in [0.2, 0.25) is 5.13 Å². The summed E-state index contributed by atoms with van der Waals surface area (Å²) in [6, 6.07) is 0. The van der Waals surface area contributed by atoms with Gasteiger partial charge in [0.1, 0.15) is 5.01 Å². The van der Waals surface area contributed by atoms with Crippen LogP contribution >= 0.6 is 11.3 Å². The molecule has 6 nitrogen and oxygen atoms in total. The van der Waals surface area contributed by atoms with Gasteiger partial charge >= 0.3 is 0 Å². The molecule has 0 radical (unpaired) electrons. The second-order valence-corrected chi connectivity index (χ2v) is 4.62. The third-order valence-corrected chi connectivity index (χ3v) is 3.07. The zero-order valence-corrected chi connectivity index (χ0v) is 10.0. The molecule has 0 atom stereocenters. The molecule has 0 saturated heterocycles. The van der Waals surface area contributed by atoms with E-state index in [-0.39, 0.29) is 6.61 Å². The van der Waals surface area contributed by atoms with Crippen LogP contribution in [0.25, 0.3) is 5.13 Å². The smallest absolute Gasteiger partial charge is 0.234 e. The van der Waals surface area contributed by atoms with Gasteiger partial charge in [-0.05, 0) is 26.7 Å². The van der Waals surface area contributed by atoms with Crippen molar-refractivity contribution < 1.29 is 5.11 Å². The summed E-state index contributed by atoms with van der Waals surface area (Å²) in [6.07, 6.45) is 1.44. The summed E-state index contributed by atoms with van der Waals surface area (Å²) in [5.74, 6) is 0. The lowest BCUT2D eigenvalue weighted by molar-refractivity contribution is 0.288. The van der Waals surface area contributed by atoms with E-state index in [1.54, 1.807) is 4.68 Å². The Bertz CT molecular complexity index is 478. The second-order valence-electron chi connectivity index (χ2n) is 3.46. The maximum absolute atomic E-state index is 8.77. The summed E-state index contributed by atoms with van der Waals surface area (Å²) >= 11 is 1.48. The summed E-state index contributed by atoms with van der Waals surface area (Å²) in [6.45, 7) is 4.02. The van der Waals surface area contributed by atoms with Crippen LogP contribution in [0, 0.1) is 13.8 Å². The Kier molecular flexibility index (Phi) is 3.25. The fourth-order valence-electron chi connectivity index (χ4n) is 1.39. The van der Waals surface area contributed by atoms with Crippen molar-refractivity contribution in [3.63, 3.8) is 0 Å². The number of aromatic nitrogens is 5. The molecule has 0 saturated carbocycles. The Hall–Kier alpha value is -1.34. The van der Waals surface area contributed by atoms with E-state index in [2.05, 4.69) is 20.5 Å². The molecular weight excluding hydrogens is 226 g/mol. The van der Waals surface area contributed by atoms with Crippen molar-refractivity contribution >= 4 is 11.3 Å². The SMILES string of the molecule is Cc1nnc(-n2nnc(CCCO)c2C)s1. The first kappa shape index (κ1) is 11.2. The van der Waals surface area contributed by atoms with E-state index < -0.39 is 0 Å². The third kappa shape index (κ3) is 2.10. The molecule has 7 heteroatoms. The van der Waals surface area contributed by atoms with Crippen LogP contribution in [0.1, 0.15) is 22.8 Å². The predicted molar refractivity (Wildman–Crippen MR) is 59.7 cm³/mol. The highest BCUT2D eigenvalue weighted by Crippen LogP contribution is 2.16. The van der Waals surface area contributed by atoms with Gasteiger partial charge in [-0.2, -0.15) is 4.68 Å². The molecule has 0 bridgehead atoms. The molecular formula is C9H13N5OS. The fraction of sp³-hybridized carbons (Fsp3) is 0.556. The Morgan fingerprint density at radius 2 is 2.06 bits per heavy atom. The van der Waals surface area contributed by atoms with Crippen LogP contribution in [0.5, 0.6) is 0 Å². The maximum Gasteiger partial charge on any atom is 0.234 e. The summed E-state index contributed by atoms with van der Waals surface area (Å²) in [5.41, 5.74) is 1.87. The Balaban J connectivity index is 2.26. The van der Waals surface area contributed by atoms with Crippen molar-refractivity contribution in [2.45, 2.75) is 26.7 Å². The molecule has 0 unspecified atom stereocenters. The molecule has 0 amide bonds. The number of hydrogen-bond acceptors (Lipinski definition) is 6. The van der Waals surface area contributed by atoms with E-state index in [1.807, 2.05) is 13.8 Å². The summed E-state index contributed by atoms with van der Waals surface area (Å²) in [5, 5.41) is 26.5. The maximum atomic E-state index is 8.77. The lowest BCUT2D eigenvalue weighted by atomic mass is 10.2. The minimum absolute atomic E-state index is 0.171. The molecule has 2 aromatic rings. The van der Waals surface area contributed by atoms with Gasteiger partial charge in [0.15, 0.2) is 0 Å². The van der Waals surface area contributed by atoms with Crippen molar-refractivity contribution in [1.82, 2.24) is 25.2 Å². The standard InChI is InChI=1S/C9H13N5OS/c1-6-8(4-3-5-15)11-13-14(6)9-12-10-7(2)16-9/h15H,3-5H2,1-2H3. The van der Waals surface area contributed by atoms with E-state index in [4.69, 9.17) is 5.11 Å². The van der Waals surface area contributed by atoms with Crippen molar-refractivity contribution in [1.29, 1.82) is 0 Å². The molecule has 2 heterocycles. The van der Waals surface area contributed by atoms with Crippen molar-refractivity contribution in [2.24, 2.45) is 0 Å². The van der Waals surface area contributed by atoms with Crippen molar-refractivity contribution in [3.8, 4) is 5.13 Å². The molecule has 0 aliphatic heterocycles. The van der Waals surface area contributed by atoms with Gasteiger partial charge in [0.25, 0.3) is 0 Å². The van der Waals surface area contributed by atoms with Gasteiger partial charge in [0.05, 0.1) is 11.4 Å². The normalized spacial score (nSPS) is 10.9. The van der Waals surface area contributed by atoms with Crippen LogP contribution in [0.3, 0.4) is 0 Å². The average Bonchev–Trinajstić information content (AvgIpc) is 2.83. The van der Waals surface area contributed by atoms with Crippen LogP contribution in [0.4, 0.5) is 0 Å². The zero-order valence-electron chi connectivity index (χ0n) is 9.21. The van der Waals surface area contributed by atoms with Gasteiger partial charge in [-0.15, -0.1) is 15.3 Å². The number of aliphatic hydroxyl groups is 1. The van der Waals surface area contributed by atoms with E-state index in [9.17, 15) is 0 Å². The first-order valence-corrected chi connectivity index (χ1v) is 5.86. The summed E-state index contributed by atoms with van der Waals surface area (Å²) < 4.78 is 1.69. The quantitative estimate of drug-likeness (QED) is 0.848. The number of rotatable bonds is 4. The molecule has 16 heavy (non-hydrogen) atoms. The monoisotopic (exact) mass is 239 g/mol. The van der Waals surface area contributed by atoms with Crippen LogP contribution in [0.2, 0.25) is 0 Å². The van der Waals surface area contributed by atoms with Crippen molar-refractivity contribution in [2.75, 3.05) is 6.61 Å².